The first-order valence-electron chi connectivity index (χ1n) is 4.87. The highest BCUT2D eigenvalue weighted by atomic mass is 19.4. The molecule has 0 atom stereocenters. The van der Waals surface area contributed by atoms with E-state index >= 15 is 0 Å². The Morgan fingerprint density at radius 2 is 1.59 bits per heavy atom. The van der Waals surface area contributed by atoms with Gasteiger partial charge in [-0.05, 0) is 0 Å². The van der Waals surface area contributed by atoms with E-state index in [1.807, 2.05) is 12.1 Å². The molecule has 8 heteroatoms. The molecule has 17 heavy (non-hydrogen) atoms. The maximum Gasteiger partial charge on any atom is 0.522 e. The van der Waals surface area contributed by atoms with Crippen LogP contribution >= 0.6 is 0 Å². The van der Waals surface area contributed by atoms with Gasteiger partial charge in [0.2, 0.25) is 0 Å². The molecule has 0 unspecified atom stereocenters. The normalized spacial score (nSPS) is 19.8. The summed E-state index contributed by atoms with van der Waals surface area (Å²) in [6, 6.07) is 3.73. The van der Waals surface area contributed by atoms with E-state index in [1.165, 1.54) is 9.80 Å². The zero-order valence-electron chi connectivity index (χ0n) is 8.94. The molecule has 5 nitrogen and oxygen atoms in total. The number of rotatable bonds is 3. The lowest BCUT2D eigenvalue weighted by Gasteiger charge is -2.37. The third-order valence-corrected chi connectivity index (χ3v) is 2.21. The van der Waals surface area contributed by atoms with Gasteiger partial charge in [0.1, 0.15) is 0 Å². The van der Waals surface area contributed by atoms with Gasteiger partial charge >= 0.3 is 6.36 Å². The molecule has 1 saturated heterocycles. The molecule has 0 amide bonds. The maximum atomic E-state index is 12.1. The van der Waals surface area contributed by atoms with Gasteiger partial charge in [0.15, 0.2) is 0 Å². The largest absolute Gasteiger partial charge is 0.522 e. The molecule has 0 radical (unpaired) electrons. The summed E-state index contributed by atoms with van der Waals surface area (Å²) in [6.45, 7) is 0.405. The topological polar surface area (TPSA) is 63.3 Å². The molecule has 0 bridgehead atoms. The highest BCUT2D eigenvalue weighted by molar-refractivity contribution is 4.87. The number of ether oxygens (including phenoxy) is 1. The average Bonchev–Trinajstić information content (AvgIpc) is 2.15. The lowest BCUT2D eigenvalue weighted by molar-refractivity contribution is -0.347. The van der Waals surface area contributed by atoms with E-state index in [4.69, 9.17) is 10.5 Å². The van der Waals surface area contributed by atoms with Crippen LogP contribution < -0.4 is 0 Å². The van der Waals surface area contributed by atoms with Gasteiger partial charge < -0.3 is 0 Å². The minimum atomic E-state index is -4.70. The summed E-state index contributed by atoms with van der Waals surface area (Å²) in [7, 11) is 0. The van der Waals surface area contributed by atoms with E-state index < -0.39 is 12.5 Å². The molecule has 1 heterocycles. The second-order valence-corrected chi connectivity index (χ2v) is 3.67. The van der Waals surface area contributed by atoms with E-state index in [9.17, 15) is 13.2 Å². The molecule has 0 saturated carbocycles. The molecule has 94 valence electrons. The number of alkyl halides is 3. The third-order valence-electron chi connectivity index (χ3n) is 2.21. The first-order valence-corrected chi connectivity index (χ1v) is 4.87. The number of hydrogen-bond acceptors (Lipinski definition) is 5. The predicted molar refractivity (Wildman–Crippen MR) is 50.2 cm³/mol. The molecule has 1 rings (SSSR count). The molecule has 0 aromatic heterocycles. The summed E-state index contributed by atoms with van der Waals surface area (Å²) in [6.07, 6.45) is -5.76. The van der Waals surface area contributed by atoms with Crippen LogP contribution in [0.15, 0.2) is 0 Å². The second kappa shape index (κ2) is 5.82. The lowest BCUT2D eigenvalue weighted by atomic mass is 10.2. The quantitative estimate of drug-likeness (QED) is 0.681. The molecule has 1 fully saturated rings. The first-order chi connectivity index (χ1) is 7.94. The van der Waals surface area contributed by atoms with Crippen LogP contribution in [0.25, 0.3) is 0 Å². The van der Waals surface area contributed by atoms with Crippen LogP contribution in [-0.2, 0) is 4.74 Å². The van der Waals surface area contributed by atoms with Crippen molar-refractivity contribution in [3.63, 3.8) is 0 Å². The van der Waals surface area contributed by atoms with Crippen molar-refractivity contribution < 1.29 is 17.9 Å². The van der Waals surface area contributed by atoms with Crippen LogP contribution in [0.4, 0.5) is 13.2 Å². The van der Waals surface area contributed by atoms with Crippen molar-refractivity contribution in [1.82, 2.24) is 9.80 Å². The lowest BCUT2D eigenvalue weighted by Crippen LogP contribution is -2.54. The summed E-state index contributed by atoms with van der Waals surface area (Å²) in [5.41, 5.74) is 0. The van der Waals surface area contributed by atoms with Crippen LogP contribution in [0.3, 0.4) is 0 Å². The van der Waals surface area contributed by atoms with Crippen molar-refractivity contribution in [3.8, 4) is 12.1 Å². The van der Waals surface area contributed by atoms with Gasteiger partial charge in [-0.25, -0.2) is 0 Å². The van der Waals surface area contributed by atoms with E-state index in [0.29, 0.717) is 6.67 Å². The van der Waals surface area contributed by atoms with Crippen LogP contribution in [0, 0.1) is 22.7 Å². The Hall–Kier alpha value is -1.35. The highest BCUT2D eigenvalue weighted by Crippen LogP contribution is 2.21. The van der Waals surface area contributed by atoms with Crippen molar-refractivity contribution in [2.45, 2.75) is 12.5 Å². The SMILES string of the molecule is N#CCN1CC(OC(F)(F)F)CN(CC#N)C1. The molecule has 0 aromatic carbocycles. The van der Waals surface area contributed by atoms with Crippen LogP contribution in [0.1, 0.15) is 0 Å². The molecule has 0 aliphatic carbocycles. The van der Waals surface area contributed by atoms with Crippen molar-refractivity contribution in [3.05, 3.63) is 0 Å². The van der Waals surface area contributed by atoms with Gasteiger partial charge in [0.25, 0.3) is 0 Å². The van der Waals surface area contributed by atoms with E-state index in [2.05, 4.69) is 4.74 Å². The van der Waals surface area contributed by atoms with E-state index in [1.54, 1.807) is 0 Å². The van der Waals surface area contributed by atoms with Crippen LogP contribution in [0.5, 0.6) is 0 Å². The minimum Gasteiger partial charge on any atom is -0.286 e. The Morgan fingerprint density at radius 1 is 1.12 bits per heavy atom. The summed E-state index contributed by atoms with van der Waals surface area (Å²) in [5.74, 6) is 0. The Kier molecular flexibility index (Phi) is 4.70. The summed E-state index contributed by atoms with van der Waals surface area (Å²) in [4.78, 5) is 3.02. The van der Waals surface area contributed by atoms with Crippen molar-refractivity contribution in [2.24, 2.45) is 0 Å². The fraction of sp³-hybridized carbons (Fsp3) is 0.778. The van der Waals surface area contributed by atoms with Gasteiger partial charge in [-0.2, -0.15) is 10.5 Å². The number of nitrogens with zero attached hydrogens (tertiary/aromatic N) is 4. The fourth-order valence-electron chi connectivity index (χ4n) is 1.72. The van der Waals surface area contributed by atoms with Crippen LogP contribution in [-0.4, -0.2) is 55.1 Å². The van der Waals surface area contributed by atoms with Crippen LogP contribution in [0.2, 0.25) is 0 Å². The minimum absolute atomic E-state index is 0.0135. The summed E-state index contributed by atoms with van der Waals surface area (Å²) < 4.78 is 40.2. The molecule has 0 N–H and O–H groups in total. The third kappa shape index (κ3) is 5.00. The highest BCUT2D eigenvalue weighted by Gasteiger charge is 2.37. The Labute approximate surface area is 96.6 Å². The van der Waals surface area contributed by atoms with Gasteiger partial charge in [-0.1, -0.05) is 0 Å². The number of nitriles is 2. The second-order valence-electron chi connectivity index (χ2n) is 3.67. The van der Waals surface area contributed by atoms with Crippen molar-refractivity contribution >= 4 is 0 Å². The molecular weight excluding hydrogens is 237 g/mol. The first kappa shape index (κ1) is 13.7. The molecule has 0 spiro atoms. The van der Waals surface area contributed by atoms with E-state index in [0.717, 1.165) is 0 Å². The fourth-order valence-corrected chi connectivity index (χ4v) is 1.72. The molecule has 1 aliphatic rings. The Morgan fingerprint density at radius 3 is 1.94 bits per heavy atom. The monoisotopic (exact) mass is 248 g/mol. The zero-order chi connectivity index (χ0) is 12.9. The summed E-state index contributed by atoms with van der Waals surface area (Å²) in [5, 5.41) is 17.0. The van der Waals surface area contributed by atoms with Gasteiger partial charge in [0.05, 0.1) is 38.0 Å². The number of hydrogen-bond donors (Lipinski definition) is 0. The van der Waals surface area contributed by atoms with Gasteiger partial charge in [0, 0.05) is 13.1 Å². The Balaban J connectivity index is 2.59. The standard InChI is InChI=1S/C9H11F3N4O/c10-9(11,12)17-8-5-15(3-1-13)7-16(6-8)4-2-14/h8H,3-7H2. The molecular formula is C9H11F3N4O. The van der Waals surface area contributed by atoms with Gasteiger partial charge in [-0.15, -0.1) is 13.2 Å². The average molecular weight is 248 g/mol. The Bertz CT molecular complexity index is 309. The van der Waals surface area contributed by atoms with E-state index in [-0.39, 0.29) is 26.2 Å². The zero-order valence-corrected chi connectivity index (χ0v) is 8.94. The smallest absolute Gasteiger partial charge is 0.286 e. The summed E-state index contributed by atoms with van der Waals surface area (Å²) >= 11 is 0. The maximum absolute atomic E-state index is 12.1. The molecule has 0 aromatic rings. The molecule has 1 aliphatic heterocycles. The van der Waals surface area contributed by atoms with Gasteiger partial charge in [-0.3, -0.25) is 14.5 Å². The number of halogens is 3. The van der Waals surface area contributed by atoms with Crippen molar-refractivity contribution in [1.29, 1.82) is 10.5 Å². The van der Waals surface area contributed by atoms with Crippen molar-refractivity contribution in [2.75, 3.05) is 32.8 Å². The predicted octanol–water partition coefficient (Wildman–Crippen LogP) is 0.514.